The van der Waals surface area contributed by atoms with Crippen LogP contribution in [-0.4, -0.2) is 27.6 Å². The van der Waals surface area contributed by atoms with Gasteiger partial charge in [-0.3, -0.25) is 0 Å². The topological polar surface area (TPSA) is 67.4 Å². The first-order valence-electron chi connectivity index (χ1n) is 6.11. The highest BCUT2D eigenvalue weighted by molar-refractivity contribution is 7.89. The lowest BCUT2D eigenvalue weighted by molar-refractivity contribution is 0.201. The monoisotopic (exact) mass is 270 g/mol. The van der Waals surface area contributed by atoms with Crippen molar-refractivity contribution in [2.75, 3.05) is 18.4 Å². The average molecular weight is 270 g/mol. The Morgan fingerprint density at radius 3 is 2.89 bits per heavy atom. The summed E-state index contributed by atoms with van der Waals surface area (Å²) in [6.07, 6.45) is 1.07. The van der Waals surface area contributed by atoms with Gasteiger partial charge in [0, 0.05) is 6.54 Å². The third kappa shape index (κ3) is 2.59. The van der Waals surface area contributed by atoms with Gasteiger partial charge < -0.3 is 10.1 Å². The standard InChI is InChI=1S/C12H18N2O3S/c1-3-9-8-13-11-7-10(5-6-12(11)17-9)18(15,16)14-4-2/h5-7,9,13-14H,3-4,8H2,1-2H3. The van der Waals surface area contributed by atoms with Crippen LogP contribution in [0, 0.1) is 0 Å². The number of benzene rings is 1. The van der Waals surface area contributed by atoms with Gasteiger partial charge in [-0.15, -0.1) is 0 Å². The number of fused-ring (bicyclic) bond motifs is 1. The average Bonchev–Trinajstić information content (AvgIpc) is 2.37. The molecule has 0 bridgehead atoms. The zero-order valence-corrected chi connectivity index (χ0v) is 11.4. The highest BCUT2D eigenvalue weighted by atomic mass is 32.2. The number of ether oxygens (including phenoxy) is 1. The van der Waals surface area contributed by atoms with Crippen LogP contribution in [0.3, 0.4) is 0 Å². The molecule has 2 rings (SSSR count). The van der Waals surface area contributed by atoms with Crippen LogP contribution < -0.4 is 14.8 Å². The molecule has 0 fully saturated rings. The third-order valence-electron chi connectivity index (χ3n) is 2.86. The van der Waals surface area contributed by atoms with Crippen molar-refractivity contribution in [3.8, 4) is 5.75 Å². The van der Waals surface area contributed by atoms with Crippen molar-refractivity contribution in [3.05, 3.63) is 18.2 Å². The summed E-state index contributed by atoms with van der Waals surface area (Å²) in [7, 11) is -3.41. The van der Waals surface area contributed by atoms with Gasteiger partial charge in [0.05, 0.1) is 17.1 Å². The van der Waals surface area contributed by atoms with Crippen LogP contribution >= 0.6 is 0 Å². The zero-order valence-electron chi connectivity index (χ0n) is 10.6. The van der Waals surface area contributed by atoms with E-state index in [9.17, 15) is 8.42 Å². The van der Waals surface area contributed by atoms with Gasteiger partial charge >= 0.3 is 0 Å². The highest BCUT2D eigenvalue weighted by Crippen LogP contribution is 2.31. The summed E-state index contributed by atoms with van der Waals surface area (Å²) in [4.78, 5) is 0.258. The van der Waals surface area contributed by atoms with Crippen LogP contribution in [-0.2, 0) is 10.0 Å². The highest BCUT2D eigenvalue weighted by Gasteiger charge is 2.20. The van der Waals surface area contributed by atoms with E-state index in [-0.39, 0.29) is 11.0 Å². The molecule has 0 radical (unpaired) electrons. The van der Waals surface area contributed by atoms with Crippen LogP contribution in [0.5, 0.6) is 5.75 Å². The smallest absolute Gasteiger partial charge is 0.240 e. The normalized spacial score (nSPS) is 18.7. The van der Waals surface area contributed by atoms with Crippen LogP contribution in [0.25, 0.3) is 0 Å². The molecule has 1 atom stereocenters. The minimum Gasteiger partial charge on any atom is -0.486 e. The Morgan fingerprint density at radius 2 is 2.22 bits per heavy atom. The van der Waals surface area contributed by atoms with Crippen LogP contribution in [0.1, 0.15) is 20.3 Å². The molecule has 0 aliphatic carbocycles. The fraction of sp³-hybridized carbons (Fsp3) is 0.500. The number of hydrogen-bond donors (Lipinski definition) is 2. The summed E-state index contributed by atoms with van der Waals surface area (Å²) < 4.78 is 31.9. The summed E-state index contributed by atoms with van der Waals surface area (Å²) in [6.45, 7) is 4.89. The Morgan fingerprint density at radius 1 is 1.44 bits per heavy atom. The predicted octanol–water partition coefficient (Wildman–Crippen LogP) is 1.57. The summed E-state index contributed by atoms with van der Waals surface area (Å²) in [5.74, 6) is 0.712. The van der Waals surface area contributed by atoms with E-state index < -0.39 is 10.0 Å². The van der Waals surface area contributed by atoms with Crippen LogP contribution in [0.4, 0.5) is 5.69 Å². The second kappa shape index (κ2) is 5.16. The van der Waals surface area contributed by atoms with E-state index in [0.29, 0.717) is 18.8 Å². The Labute approximate surface area is 108 Å². The maximum Gasteiger partial charge on any atom is 0.240 e. The first-order valence-corrected chi connectivity index (χ1v) is 7.59. The fourth-order valence-electron chi connectivity index (χ4n) is 1.86. The van der Waals surface area contributed by atoms with E-state index in [0.717, 1.165) is 12.1 Å². The Balaban J connectivity index is 2.29. The molecule has 0 amide bonds. The van der Waals surface area contributed by atoms with E-state index in [1.165, 1.54) is 0 Å². The van der Waals surface area contributed by atoms with Gasteiger partial charge in [-0.1, -0.05) is 13.8 Å². The lowest BCUT2D eigenvalue weighted by atomic mass is 10.2. The second-order valence-corrected chi connectivity index (χ2v) is 5.96. The SMILES string of the molecule is CCNS(=O)(=O)c1ccc2c(c1)NCC(CC)O2. The van der Waals surface area contributed by atoms with Crippen LogP contribution in [0.15, 0.2) is 23.1 Å². The molecule has 0 saturated heterocycles. The summed E-state index contributed by atoms with van der Waals surface area (Å²) in [5.41, 5.74) is 0.735. The first kappa shape index (κ1) is 13.2. The Bertz CT molecular complexity index is 528. The third-order valence-corrected chi connectivity index (χ3v) is 4.41. The van der Waals surface area contributed by atoms with Gasteiger partial charge in [-0.2, -0.15) is 0 Å². The molecule has 1 heterocycles. The fourth-order valence-corrected chi connectivity index (χ4v) is 2.93. The second-order valence-electron chi connectivity index (χ2n) is 4.19. The summed E-state index contributed by atoms with van der Waals surface area (Å²) in [6, 6.07) is 4.88. The molecule has 0 saturated carbocycles. The molecule has 18 heavy (non-hydrogen) atoms. The van der Waals surface area contributed by atoms with E-state index in [1.807, 2.05) is 0 Å². The molecule has 100 valence electrons. The Hall–Kier alpha value is -1.27. The van der Waals surface area contributed by atoms with Gasteiger partial charge in [0.2, 0.25) is 10.0 Å². The molecule has 1 aromatic rings. The van der Waals surface area contributed by atoms with E-state index in [1.54, 1.807) is 25.1 Å². The molecule has 1 unspecified atom stereocenters. The number of anilines is 1. The molecule has 1 aliphatic rings. The molecule has 2 N–H and O–H groups in total. The van der Waals surface area contributed by atoms with Gasteiger partial charge in [-0.05, 0) is 24.6 Å². The predicted molar refractivity (Wildman–Crippen MR) is 70.5 cm³/mol. The molecule has 6 heteroatoms. The van der Waals surface area contributed by atoms with Crippen LogP contribution in [0.2, 0.25) is 0 Å². The first-order chi connectivity index (χ1) is 8.56. The van der Waals surface area contributed by atoms with E-state index in [4.69, 9.17) is 4.74 Å². The molecular weight excluding hydrogens is 252 g/mol. The van der Waals surface area contributed by atoms with Crippen molar-refractivity contribution in [3.63, 3.8) is 0 Å². The number of nitrogens with one attached hydrogen (secondary N) is 2. The lowest BCUT2D eigenvalue weighted by Gasteiger charge is -2.26. The van der Waals surface area contributed by atoms with Crippen molar-refractivity contribution in [2.45, 2.75) is 31.3 Å². The molecule has 0 spiro atoms. The zero-order chi connectivity index (χ0) is 13.2. The van der Waals surface area contributed by atoms with Gasteiger partial charge in [0.15, 0.2) is 0 Å². The molecule has 0 aromatic heterocycles. The number of rotatable bonds is 4. The minimum atomic E-state index is -3.41. The Kier molecular flexibility index (Phi) is 3.77. The van der Waals surface area contributed by atoms with E-state index in [2.05, 4.69) is 17.0 Å². The molecule has 1 aliphatic heterocycles. The van der Waals surface area contributed by atoms with Crippen molar-refractivity contribution in [2.24, 2.45) is 0 Å². The molecule has 5 nitrogen and oxygen atoms in total. The number of sulfonamides is 1. The minimum absolute atomic E-state index is 0.147. The lowest BCUT2D eigenvalue weighted by Crippen LogP contribution is -2.30. The summed E-state index contributed by atoms with van der Waals surface area (Å²) in [5, 5.41) is 3.20. The molecular formula is C12H18N2O3S. The summed E-state index contributed by atoms with van der Waals surface area (Å²) >= 11 is 0. The van der Waals surface area contributed by atoms with Crippen molar-refractivity contribution >= 4 is 15.7 Å². The van der Waals surface area contributed by atoms with Gasteiger partial charge in [0.1, 0.15) is 11.9 Å². The maximum absolute atomic E-state index is 11.9. The largest absolute Gasteiger partial charge is 0.486 e. The van der Waals surface area contributed by atoms with Crippen molar-refractivity contribution in [1.29, 1.82) is 0 Å². The van der Waals surface area contributed by atoms with Gasteiger partial charge in [-0.25, -0.2) is 13.1 Å². The van der Waals surface area contributed by atoms with E-state index >= 15 is 0 Å². The van der Waals surface area contributed by atoms with Gasteiger partial charge in [0.25, 0.3) is 0 Å². The van der Waals surface area contributed by atoms with Crippen molar-refractivity contribution in [1.82, 2.24) is 4.72 Å². The number of hydrogen-bond acceptors (Lipinski definition) is 4. The maximum atomic E-state index is 11.9. The quantitative estimate of drug-likeness (QED) is 0.871. The van der Waals surface area contributed by atoms with Crippen molar-refractivity contribution < 1.29 is 13.2 Å². The molecule has 1 aromatic carbocycles.